The predicted molar refractivity (Wildman–Crippen MR) is 63.0 cm³/mol. The molecule has 0 saturated heterocycles. The highest BCUT2D eigenvalue weighted by Crippen LogP contribution is 2.35. The minimum absolute atomic E-state index is 0.392. The molecule has 1 aliphatic rings. The molecule has 0 aliphatic heterocycles. The number of fused-ring (bicyclic) bond motifs is 1. The van der Waals surface area contributed by atoms with Crippen molar-refractivity contribution in [2.75, 3.05) is 6.61 Å². The molecule has 15 heavy (non-hydrogen) atoms. The summed E-state index contributed by atoms with van der Waals surface area (Å²) in [6.07, 6.45) is 6.67. The van der Waals surface area contributed by atoms with E-state index in [4.69, 9.17) is 4.74 Å². The van der Waals surface area contributed by atoms with E-state index in [0.717, 1.165) is 13.0 Å². The summed E-state index contributed by atoms with van der Waals surface area (Å²) in [4.78, 5) is 0. The van der Waals surface area contributed by atoms with Crippen LogP contribution in [0, 0.1) is 0 Å². The monoisotopic (exact) mass is 204 g/mol. The van der Waals surface area contributed by atoms with Gasteiger partial charge in [-0.15, -0.1) is 0 Å². The highest BCUT2D eigenvalue weighted by Gasteiger charge is 2.25. The molecule has 2 rings (SSSR count). The van der Waals surface area contributed by atoms with E-state index in [0.29, 0.717) is 6.10 Å². The lowest BCUT2D eigenvalue weighted by molar-refractivity contribution is 0.0345. The molecule has 0 spiro atoms. The lowest BCUT2D eigenvalue weighted by Gasteiger charge is -2.29. The van der Waals surface area contributed by atoms with Gasteiger partial charge in [-0.2, -0.15) is 0 Å². The zero-order valence-corrected chi connectivity index (χ0v) is 9.54. The molecule has 1 aromatic rings. The third-order valence-corrected chi connectivity index (χ3v) is 3.12. The number of benzene rings is 1. The second kappa shape index (κ2) is 5.32. The van der Waals surface area contributed by atoms with E-state index in [-0.39, 0.29) is 0 Å². The first-order chi connectivity index (χ1) is 7.42. The SMILES string of the molecule is CCCCCCOC1Cc2ccccc21. The zero-order chi connectivity index (χ0) is 10.5. The molecule has 1 heteroatoms. The van der Waals surface area contributed by atoms with Crippen molar-refractivity contribution < 1.29 is 4.74 Å². The molecule has 0 fully saturated rings. The fraction of sp³-hybridized carbons (Fsp3) is 0.571. The van der Waals surface area contributed by atoms with Gasteiger partial charge >= 0.3 is 0 Å². The van der Waals surface area contributed by atoms with Gasteiger partial charge in [0, 0.05) is 13.0 Å². The number of unbranched alkanes of at least 4 members (excludes halogenated alkanes) is 3. The van der Waals surface area contributed by atoms with Gasteiger partial charge in [-0.1, -0.05) is 50.5 Å². The van der Waals surface area contributed by atoms with Crippen LogP contribution in [0.25, 0.3) is 0 Å². The summed E-state index contributed by atoms with van der Waals surface area (Å²) in [5.74, 6) is 0. The van der Waals surface area contributed by atoms with Crippen LogP contribution < -0.4 is 0 Å². The van der Waals surface area contributed by atoms with Crippen LogP contribution in [-0.2, 0) is 11.2 Å². The molecule has 0 N–H and O–H groups in total. The summed E-state index contributed by atoms with van der Waals surface area (Å²) in [6, 6.07) is 8.60. The lowest BCUT2D eigenvalue weighted by Crippen LogP contribution is -2.20. The van der Waals surface area contributed by atoms with Crippen LogP contribution in [0.1, 0.15) is 49.8 Å². The molecule has 82 valence electrons. The largest absolute Gasteiger partial charge is 0.373 e. The summed E-state index contributed by atoms with van der Waals surface area (Å²) in [7, 11) is 0. The summed E-state index contributed by atoms with van der Waals surface area (Å²) >= 11 is 0. The van der Waals surface area contributed by atoms with Crippen molar-refractivity contribution in [2.45, 2.75) is 45.1 Å². The molecule has 0 aromatic heterocycles. The highest BCUT2D eigenvalue weighted by atomic mass is 16.5. The Balaban J connectivity index is 1.67. The summed E-state index contributed by atoms with van der Waals surface area (Å²) in [6.45, 7) is 3.17. The molecule has 0 amide bonds. The number of hydrogen-bond acceptors (Lipinski definition) is 1. The van der Waals surface area contributed by atoms with Crippen molar-refractivity contribution in [3.8, 4) is 0 Å². The van der Waals surface area contributed by atoms with E-state index < -0.39 is 0 Å². The molecule has 1 atom stereocenters. The first-order valence-electron chi connectivity index (χ1n) is 6.11. The highest BCUT2D eigenvalue weighted by molar-refractivity contribution is 5.37. The Kier molecular flexibility index (Phi) is 3.79. The Morgan fingerprint density at radius 2 is 2.07 bits per heavy atom. The summed E-state index contributed by atoms with van der Waals surface area (Å²) in [5, 5.41) is 0. The van der Waals surface area contributed by atoms with E-state index in [1.807, 2.05) is 0 Å². The Bertz CT molecular complexity index is 306. The van der Waals surface area contributed by atoms with Gasteiger partial charge in [0.15, 0.2) is 0 Å². The molecular formula is C14H20O. The predicted octanol–water partition coefficient (Wildman–Crippen LogP) is 3.88. The van der Waals surface area contributed by atoms with Gasteiger partial charge in [0.05, 0.1) is 6.10 Å². The van der Waals surface area contributed by atoms with E-state index in [1.54, 1.807) is 0 Å². The van der Waals surface area contributed by atoms with Crippen molar-refractivity contribution in [3.05, 3.63) is 35.4 Å². The van der Waals surface area contributed by atoms with Gasteiger partial charge in [0.1, 0.15) is 0 Å². The number of rotatable bonds is 6. The van der Waals surface area contributed by atoms with E-state index in [2.05, 4.69) is 31.2 Å². The summed E-state index contributed by atoms with van der Waals surface area (Å²) in [5.41, 5.74) is 2.88. The molecule has 1 nitrogen and oxygen atoms in total. The average molecular weight is 204 g/mol. The van der Waals surface area contributed by atoms with Gasteiger partial charge in [0.25, 0.3) is 0 Å². The molecule has 1 unspecified atom stereocenters. The third kappa shape index (κ3) is 2.60. The maximum Gasteiger partial charge on any atom is 0.0868 e. The van der Waals surface area contributed by atoms with Gasteiger partial charge in [-0.3, -0.25) is 0 Å². The Labute approximate surface area is 92.5 Å². The van der Waals surface area contributed by atoms with Crippen LogP contribution in [0.5, 0.6) is 0 Å². The van der Waals surface area contributed by atoms with Gasteiger partial charge < -0.3 is 4.74 Å². The Hall–Kier alpha value is -0.820. The zero-order valence-electron chi connectivity index (χ0n) is 9.54. The van der Waals surface area contributed by atoms with Crippen molar-refractivity contribution >= 4 is 0 Å². The Morgan fingerprint density at radius 3 is 2.87 bits per heavy atom. The van der Waals surface area contributed by atoms with Crippen molar-refractivity contribution in [1.29, 1.82) is 0 Å². The van der Waals surface area contributed by atoms with Crippen molar-refractivity contribution in [3.63, 3.8) is 0 Å². The van der Waals surface area contributed by atoms with Crippen LogP contribution in [0.3, 0.4) is 0 Å². The molecule has 0 heterocycles. The maximum atomic E-state index is 5.85. The minimum Gasteiger partial charge on any atom is -0.373 e. The maximum absolute atomic E-state index is 5.85. The van der Waals surface area contributed by atoms with Gasteiger partial charge in [-0.05, 0) is 17.5 Å². The molecule has 1 aliphatic carbocycles. The standard InChI is InChI=1S/C14H20O/c1-2-3-4-7-10-15-14-11-12-8-5-6-9-13(12)14/h5-6,8-9,14H,2-4,7,10-11H2,1H3. The fourth-order valence-electron chi connectivity index (χ4n) is 2.12. The molecule has 0 saturated carbocycles. The lowest BCUT2D eigenvalue weighted by atomic mass is 9.85. The van der Waals surface area contributed by atoms with Crippen LogP contribution in [0.15, 0.2) is 24.3 Å². The van der Waals surface area contributed by atoms with Crippen LogP contribution in [-0.4, -0.2) is 6.61 Å². The van der Waals surface area contributed by atoms with E-state index in [9.17, 15) is 0 Å². The topological polar surface area (TPSA) is 9.23 Å². The summed E-state index contributed by atoms with van der Waals surface area (Å²) < 4.78 is 5.85. The number of hydrogen-bond donors (Lipinski definition) is 0. The molecule has 0 bridgehead atoms. The van der Waals surface area contributed by atoms with Crippen LogP contribution >= 0.6 is 0 Å². The second-order valence-electron chi connectivity index (χ2n) is 4.32. The minimum atomic E-state index is 0.392. The number of ether oxygens (including phenoxy) is 1. The van der Waals surface area contributed by atoms with E-state index >= 15 is 0 Å². The first-order valence-corrected chi connectivity index (χ1v) is 6.11. The second-order valence-corrected chi connectivity index (χ2v) is 4.32. The molecular weight excluding hydrogens is 184 g/mol. The van der Waals surface area contributed by atoms with Crippen molar-refractivity contribution in [2.24, 2.45) is 0 Å². The van der Waals surface area contributed by atoms with Gasteiger partial charge in [-0.25, -0.2) is 0 Å². The van der Waals surface area contributed by atoms with E-state index in [1.165, 1.54) is 36.8 Å². The smallest absolute Gasteiger partial charge is 0.0868 e. The Morgan fingerprint density at radius 1 is 1.20 bits per heavy atom. The quantitative estimate of drug-likeness (QED) is 0.639. The molecule has 1 aromatic carbocycles. The fourth-order valence-corrected chi connectivity index (χ4v) is 2.12. The average Bonchev–Trinajstić information content (AvgIpc) is 2.24. The first kappa shape index (κ1) is 10.7. The third-order valence-electron chi connectivity index (χ3n) is 3.12. The van der Waals surface area contributed by atoms with Gasteiger partial charge in [0.2, 0.25) is 0 Å². The normalized spacial score (nSPS) is 18.3. The van der Waals surface area contributed by atoms with Crippen LogP contribution in [0.4, 0.5) is 0 Å². The van der Waals surface area contributed by atoms with Crippen LogP contribution in [0.2, 0.25) is 0 Å². The van der Waals surface area contributed by atoms with Crippen molar-refractivity contribution in [1.82, 2.24) is 0 Å². The molecule has 0 radical (unpaired) electrons.